The summed E-state index contributed by atoms with van der Waals surface area (Å²) in [6, 6.07) is 11.0. The highest BCUT2D eigenvalue weighted by molar-refractivity contribution is 7.94. The number of rotatable bonds is 7. The van der Waals surface area contributed by atoms with Gasteiger partial charge in [-0.15, -0.1) is 9.45 Å². The molecule has 31 heavy (non-hydrogen) atoms. The Labute approximate surface area is 179 Å². The largest absolute Gasteiger partial charge is 0.505 e. The molecule has 0 bridgehead atoms. The third kappa shape index (κ3) is 4.79. The van der Waals surface area contributed by atoms with Gasteiger partial charge in [-0.2, -0.15) is 23.8 Å². The molecule has 5 N–H and O–H groups in total. The summed E-state index contributed by atoms with van der Waals surface area (Å²) in [5.74, 6) is -0.479. The zero-order chi connectivity index (χ0) is 22.6. The van der Waals surface area contributed by atoms with Gasteiger partial charge in [-0.25, -0.2) is 5.26 Å². The average molecular weight is 465 g/mol. The molecule has 0 spiro atoms. The van der Waals surface area contributed by atoms with Crippen molar-refractivity contribution < 1.29 is 32.7 Å². The summed E-state index contributed by atoms with van der Waals surface area (Å²) in [4.78, 5) is -0.527. The van der Waals surface area contributed by atoms with E-state index in [4.69, 9.17) is 11.0 Å². The maximum Gasteiger partial charge on any atom is 0.296 e. The minimum Gasteiger partial charge on any atom is -0.505 e. The Morgan fingerprint density at radius 3 is 2.39 bits per heavy atom. The van der Waals surface area contributed by atoms with Crippen LogP contribution in [0.4, 0.5) is 22.7 Å². The summed E-state index contributed by atoms with van der Waals surface area (Å²) >= 11 is 0.464. The first-order chi connectivity index (χ1) is 14.8. The van der Waals surface area contributed by atoms with Gasteiger partial charge in [0, 0.05) is 7.05 Å². The normalized spacial score (nSPS) is 12.4. The van der Waals surface area contributed by atoms with Crippen molar-refractivity contribution in [2.75, 3.05) is 12.8 Å². The molecular formula is C17H15N5O7S2. The van der Waals surface area contributed by atoms with E-state index in [1.165, 1.54) is 13.1 Å². The van der Waals surface area contributed by atoms with E-state index in [9.17, 15) is 18.1 Å². The Bertz CT molecular complexity index is 1280. The van der Waals surface area contributed by atoms with Gasteiger partial charge in [0.2, 0.25) is 0 Å². The molecule has 0 saturated heterocycles. The lowest BCUT2D eigenvalue weighted by atomic mass is 10.1. The molecule has 0 fully saturated rings. The summed E-state index contributed by atoms with van der Waals surface area (Å²) in [7, 11) is -3.45. The number of phenolic OH excluding ortho intramolecular Hbond substituents is 1. The number of nitrogens with zero attached hydrogens (tertiary/aromatic N) is 4. The number of benzene rings is 3. The van der Waals surface area contributed by atoms with E-state index in [2.05, 4.69) is 29.8 Å². The Kier molecular flexibility index (Phi) is 6.79. The number of aromatic hydroxyl groups is 1. The van der Waals surface area contributed by atoms with Gasteiger partial charge in [-0.05, 0) is 29.7 Å². The highest BCUT2D eigenvalue weighted by Crippen LogP contribution is 2.49. The molecule has 0 unspecified atom stereocenters. The number of hydrogen-bond acceptors (Lipinski definition) is 12. The Morgan fingerprint density at radius 2 is 1.77 bits per heavy atom. The molecule has 162 valence electrons. The number of nitrogens with two attached hydrogens (primary N) is 1. The lowest BCUT2D eigenvalue weighted by Crippen LogP contribution is -2.02. The topological polar surface area (TPSA) is 189 Å². The summed E-state index contributed by atoms with van der Waals surface area (Å²) < 4.78 is 37.6. The Balaban J connectivity index is 2.34. The molecule has 0 aliphatic heterocycles. The first kappa shape index (κ1) is 22.5. The van der Waals surface area contributed by atoms with Crippen molar-refractivity contribution >= 4 is 55.7 Å². The van der Waals surface area contributed by atoms with Crippen molar-refractivity contribution in [3.05, 3.63) is 42.5 Å². The van der Waals surface area contributed by atoms with Gasteiger partial charge >= 0.3 is 0 Å². The van der Waals surface area contributed by atoms with Crippen LogP contribution in [0.15, 0.2) is 72.7 Å². The number of azo groups is 2. The fourth-order valence-electron chi connectivity index (χ4n) is 2.73. The van der Waals surface area contributed by atoms with Crippen LogP contribution in [-0.4, -0.2) is 30.4 Å². The number of phenols is 1. The van der Waals surface area contributed by atoms with Gasteiger partial charge in [-0.3, -0.25) is 4.55 Å². The Hall–Kier alpha value is -3.14. The number of fused-ring (bicyclic) bond motifs is 1. The van der Waals surface area contributed by atoms with E-state index in [-0.39, 0.29) is 32.7 Å². The van der Waals surface area contributed by atoms with Crippen LogP contribution >= 0.6 is 12.0 Å². The fourth-order valence-corrected chi connectivity index (χ4v) is 3.89. The van der Waals surface area contributed by atoms with Crippen LogP contribution in [0.1, 0.15) is 0 Å². The molecule has 0 aliphatic carbocycles. The lowest BCUT2D eigenvalue weighted by Gasteiger charge is -2.14. The standard InChI is InChI=1S/C17H15N5O7S2/c1-19-21-16-12(31(25,26)27)8-9-7-11(30-29-28-24)15(17(23)13(9)14(16)18)22-20-10-5-3-2-4-6-10/h2-8,23-24H,18H2,1H3,(H,25,26,27). The van der Waals surface area contributed by atoms with Gasteiger partial charge in [-0.1, -0.05) is 23.2 Å². The summed E-state index contributed by atoms with van der Waals surface area (Å²) in [6.45, 7) is 0. The van der Waals surface area contributed by atoms with Gasteiger partial charge in [0.1, 0.15) is 16.3 Å². The molecule has 0 atom stereocenters. The van der Waals surface area contributed by atoms with Crippen LogP contribution in [0.3, 0.4) is 0 Å². The zero-order valence-corrected chi connectivity index (χ0v) is 17.3. The van der Waals surface area contributed by atoms with Gasteiger partial charge in [0.05, 0.1) is 33.7 Å². The van der Waals surface area contributed by atoms with Gasteiger partial charge < -0.3 is 10.8 Å². The maximum absolute atomic E-state index is 11.8. The van der Waals surface area contributed by atoms with Crippen LogP contribution in [0.25, 0.3) is 10.8 Å². The first-order valence-corrected chi connectivity index (χ1v) is 10.5. The second-order valence-electron chi connectivity index (χ2n) is 5.84. The highest BCUT2D eigenvalue weighted by atomic mass is 32.2. The average Bonchev–Trinajstić information content (AvgIpc) is 2.73. The van der Waals surface area contributed by atoms with Crippen molar-refractivity contribution in [3.63, 3.8) is 0 Å². The molecular weight excluding hydrogens is 450 g/mol. The summed E-state index contributed by atoms with van der Waals surface area (Å²) in [6.07, 6.45) is 0. The second kappa shape index (κ2) is 9.34. The molecule has 0 saturated carbocycles. The molecule has 3 aromatic carbocycles. The summed E-state index contributed by atoms with van der Waals surface area (Å²) in [5, 5.41) is 38.3. The van der Waals surface area contributed by atoms with Gasteiger partial charge in [0.25, 0.3) is 10.1 Å². The predicted molar refractivity (Wildman–Crippen MR) is 112 cm³/mol. The minimum atomic E-state index is -4.73. The number of anilines is 1. The quantitative estimate of drug-likeness (QED) is 0.0935. The van der Waals surface area contributed by atoms with Crippen LogP contribution < -0.4 is 5.73 Å². The van der Waals surface area contributed by atoms with E-state index in [1.54, 1.807) is 30.3 Å². The predicted octanol–water partition coefficient (Wildman–Crippen LogP) is 4.93. The van der Waals surface area contributed by atoms with Crippen molar-refractivity contribution in [2.45, 2.75) is 9.79 Å². The van der Waals surface area contributed by atoms with E-state index < -0.39 is 20.8 Å². The molecule has 0 aliphatic rings. The second-order valence-corrected chi connectivity index (χ2v) is 7.98. The first-order valence-electron chi connectivity index (χ1n) is 8.29. The smallest absolute Gasteiger partial charge is 0.296 e. The van der Waals surface area contributed by atoms with E-state index in [0.717, 1.165) is 6.07 Å². The van der Waals surface area contributed by atoms with Crippen molar-refractivity contribution in [3.8, 4) is 5.75 Å². The monoisotopic (exact) mass is 465 g/mol. The van der Waals surface area contributed by atoms with Crippen molar-refractivity contribution in [1.29, 1.82) is 0 Å². The minimum absolute atomic E-state index is 0.00826. The fraction of sp³-hybridized carbons (Fsp3) is 0.0588. The van der Waals surface area contributed by atoms with Crippen LogP contribution in [0.5, 0.6) is 5.75 Å². The number of hydrogen-bond donors (Lipinski definition) is 4. The lowest BCUT2D eigenvalue weighted by molar-refractivity contribution is -0.432. The molecule has 14 heteroatoms. The third-order valence-electron chi connectivity index (χ3n) is 3.97. The SMILES string of the molecule is CN=Nc1c(S(=O)(=O)O)cc2cc(SOOO)c(N=Nc3ccccc3)c(O)c2c1N. The zero-order valence-electron chi connectivity index (χ0n) is 15.7. The molecule has 0 radical (unpaired) electrons. The molecule has 0 amide bonds. The summed E-state index contributed by atoms with van der Waals surface area (Å²) in [5.41, 5.74) is 5.82. The highest BCUT2D eigenvalue weighted by Gasteiger charge is 2.25. The van der Waals surface area contributed by atoms with Crippen LogP contribution in [-0.2, 0) is 19.5 Å². The van der Waals surface area contributed by atoms with Crippen LogP contribution in [0.2, 0.25) is 0 Å². The van der Waals surface area contributed by atoms with Crippen molar-refractivity contribution in [1.82, 2.24) is 0 Å². The maximum atomic E-state index is 11.8. The van der Waals surface area contributed by atoms with Gasteiger partial charge in [0.15, 0.2) is 5.75 Å². The third-order valence-corrected chi connectivity index (χ3v) is 5.45. The molecule has 3 rings (SSSR count). The van der Waals surface area contributed by atoms with Crippen LogP contribution in [0, 0.1) is 0 Å². The molecule has 0 aromatic heterocycles. The molecule has 3 aromatic rings. The Morgan fingerprint density at radius 1 is 1.06 bits per heavy atom. The van der Waals surface area contributed by atoms with E-state index >= 15 is 0 Å². The van der Waals surface area contributed by atoms with E-state index in [1.807, 2.05) is 0 Å². The molecule has 12 nitrogen and oxygen atoms in total. The van der Waals surface area contributed by atoms with E-state index in [0.29, 0.717) is 17.7 Å². The number of nitrogen functional groups attached to an aromatic ring is 1. The molecule has 0 heterocycles. The van der Waals surface area contributed by atoms with Crippen molar-refractivity contribution in [2.24, 2.45) is 20.5 Å².